The van der Waals surface area contributed by atoms with Crippen molar-refractivity contribution in [3.8, 4) is 0 Å². The summed E-state index contributed by atoms with van der Waals surface area (Å²) < 4.78 is 0. The zero-order valence-electron chi connectivity index (χ0n) is 16.2. The predicted molar refractivity (Wildman–Crippen MR) is 105 cm³/mol. The third-order valence-corrected chi connectivity index (χ3v) is 5.40. The Kier molecular flexibility index (Phi) is 9.40. The van der Waals surface area contributed by atoms with E-state index in [0.717, 1.165) is 25.7 Å². The van der Waals surface area contributed by atoms with Gasteiger partial charge in [-0.3, -0.25) is 14.4 Å². The predicted octanol–water partition coefficient (Wildman–Crippen LogP) is 4.22. The second-order valence-electron chi connectivity index (χ2n) is 7.64. The van der Waals surface area contributed by atoms with Gasteiger partial charge in [-0.15, -0.1) is 0 Å². The van der Waals surface area contributed by atoms with Crippen molar-refractivity contribution in [1.29, 1.82) is 0 Å². The van der Waals surface area contributed by atoms with Crippen LogP contribution in [-0.4, -0.2) is 28.6 Å². The van der Waals surface area contributed by atoms with Crippen LogP contribution in [0.2, 0.25) is 0 Å². The number of unbranched alkanes of at least 4 members (excludes halogenated alkanes) is 7. The van der Waals surface area contributed by atoms with E-state index in [4.69, 9.17) is 0 Å². The quantitative estimate of drug-likeness (QED) is 0.440. The lowest BCUT2D eigenvalue weighted by molar-refractivity contribution is -0.147. The van der Waals surface area contributed by atoms with Crippen molar-refractivity contribution in [2.75, 3.05) is 0 Å². The van der Waals surface area contributed by atoms with Crippen molar-refractivity contribution in [2.24, 2.45) is 5.92 Å². The summed E-state index contributed by atoms with van der Waals surface area (Å²) in [4.78, 5) is 35.8. The molecule has 4 nitrogen and oxygen atoms in total. The van der Waals surface area contributed by atoms with Crippen LogP contribution in [0, 0.1) is 5.92 Å². The number of ketones is 3. The molecule has 0 amide bonds. The van der Waals surface area contributed by atoms with E-state index in [9.17, 15) is 19.5 Å². The lowest BCUT2D eigenvalue weighted by Gasteiger charge is -2.22. The topological polar surface area (TPSA) is 71.4 Å². The Morgan fingerprint density at radius 2 is 1.48 bits per heavy atom. The van der Waals surface area contributed by atoms with E-state index in [1.54, 1.807) is 0 Å². The maximum Gasteiger partial charge on any atom is 0.179 e. The molecule has 0 radical (unpaired) electrons. The van der Waals surface area contributed by atoms with Crippen molar-refractivity contribution < 1.29 is 19.5 Å². The summed E-state index contributed by atoms with van der Waals surface area (Å²) in [6.07, 6.45) is 9.44. The second-order valence-corrected chi connectivity index (χ2v) is 7.64. The number of carbonyl (C=O) groups excluding carboxylic acids is 3. The average Bonchev–Trinajstić information content (AvgIpc) is 2.67. The zero-order valence-corrected chi connectivity index (χ0v) is 16.2. The van der Waals surface area contributed by atoms with E-state index < -0.39 is 17.8 Å². The molecular formula is C23H32O4. The Morgan fingerprint density at radius 3 is 2.15 bits per heavy atom. The van der Waals surface area contributed by atoms with E-state index in [1.165, 1.54) is 37.7 Å². The molecule has 0 saturated heterocycles. The molecule has 1 N–H and O–H groups in total. The van der Waals surface area contributed by atoms with Gasteiger partial charge in [-0.25, -0.2) is 0 Å². The van der Waals surface area contributed by atoms with Crippen LogP contribution < -0.4 is 0 Å². The summed E-state index contributed by atoms with van der Waals surface area (Å²) in [5.74, 6) is -2.40. The van der Waals surface area contributed by atoms with Crippen molar-refractivity contribution in [2.45, 2.75) is 83.2 Å². The SMILES string of the molecule is O=C(CCCCCCCCCCc1ccccc1)[C@H]1C(=O)CC[C@@H](O)C1=O. The van der Waals surface area contributed by atoms with Crippen LogP contribution in [-0.2, 0) is 20.8 Å². The van der Waals surface area contributed by atoms with Crippen LogP contribution in [0.5, 0.6) is 0 Å². The minimum Gasteiger partial charge on any atom is -0.385 e. The molecule has 0 heterocycles. The Labute approximate surface area is 162 Å². The molecule has 2 atom stereocenters. The molecule has 0 aromatic heterocycles. The Bertz CT molecular complexity index is 608. The molecule has 1 fully saturated rings. The maximum atomic E-state index is 12.1. The monoisotopic (exact) mass is 372 g/mol. The minimum absolute atomic E-state index is 0.133. The van der Waals surface area contributed by atoms with Crippen LogP contribution in [0.25, 0.3) is 0 Å². The number of aryl methyl sites for hydroxylation is 1. The van der Waals surface area contributed by atoms with Gasteiger partial charge >= 0.3 is 0 Å². The molecule has 1 aliphatic rings. The first kappa shape index (κ1) is 21.5. The Balaban J connectivity index is 1.47. The summed E-state index contributed by atoms with van der Waals surface area (Å²) in [6.45, 7) is 0. The molecule has 0 unspecified atom stereocenters. The van der Waals surface area contributed by atoms with E-state index >= 15 is 0 Å². The molecule has 1 aromatic rings. The molecule has 2 rings (SSSR count). The largest absolute Gasteiger partial charge is 0.385 e. The summed E-state index contributed by atoms with van der Waals surface area (Å²) in [6, 6.07) is 10.6. The molecule has 1 aromatic carbocycles. The summed E-state index contributed by atoms with van der Waals surface area (Å²) in [5, 5.41) is 9.56. The van der Waals surface area contributed by atoms with Crippen molar-refractivity contribution in [3.05, 3.63) is 35.9 Å². The molecule has 27 heavy (non-hydrogen) atoms. The number of aliphatic hydroxyl groups excluding tert-OH is 1. The van der Waals surface area contributed by atoms with Gasteiger partial charge < -0.3 is 5.11 Å². The van der Waals surface area contributed by atoms with Gasteiger partial charge in [0, 0.05) is 12.8 Å². The molecule has 1 saturated carbocycles. The second kappa shape index (κ2) is 11.8. The summed E-state index contributed by atoms with van der Waals surface area (Å²) >= 11 is 0. The van der Waals surface area contributed by atoms with Gasteiger partial charge in [0.15, 0.2) is 17.3 Å². The van der Waals surface area contributed by atoms with Gasteiger partial charge in [-0.1, -0.05) is 68.9 Å². The Morgan fingerprint density at radius 1 is 0.889 bits per heavy atom. The maximum absolute atomic E-state index is 12.1. The highest BCUT2D eigenvalue weighted by Gasteiger charge is 2.40. The number of hydrogen-bond donors (Lipinski definition) is 1. The van der Waals surface area contributed by atoms with Crippen molar-refractivity contribution in [3.63, 3.8) is 0 Å². The number of hydrogen-bond acceptors (Lipinski definition) is 4. The zero-order chi connectivity index (χ0) is 19.5. The minimum atomic E-state index is -1.20. The summed E-state index contributed by atoms with van der Waals surface area (Å²) in [7, 11) is 0. The average molecular weight is 373 g/mol. The molecule has 0 aliphatic heterocycles. The summed E-state index contributed by atoms with van der Waals surface area (Å²) in [5.41, 5.74) is 1.41. The molecule has 1 aliphatic carbocycles. The van der Waals surface area contributed by atoms with Crippen molar-refractivity contribution in [1.82, 2.24) is 0 Å². The first-order valence-electron chi connectivity index (χ1n) is 10.4. The fourth-order valence-corrected chi connectivity index (χ4v) is 3.73. The highest BCUT2D eigenvalue weighted by molar-refractivity contribution is 6.21. The fourth-order valence-electron chi connectivity index (χ4n) is 3.73. The third kappa shape index (κ3) is 7.37. The van der Waals surface area contributed by atoms with Gasteiger partial charge in [0.25, 0.3) is 0 Å². The molecule has 0 bridgehead atoms. The fraction of sp³-hybridized carbons (Fsp3) is 0.609. The van der Waals surface area contributed by atoms with Gasteiger partial charge in [0.2, 0.25) is 0 Å². The van der Waals surface area contributed by atoms with E-state index in [2.05, 4.69) is 24.3 Å². The van der Waals surface area contributed by atoms with Gasteiger partial charge in [0.1, 0.15) is 12.0 Å². The number of benzene rings is 1. The Hall–Kier alpha value is -1.81. The number of carbonyl (C=O) groups is 3. The van der Waals surface area contributed by atoms with Crippen LogP contribution in [0.3, 0.4) is 0 Å². The van der Waals surface area contributed by atoms with E-state index in [0.29, 0.717) is 0 Å². The van der Waals surface area contributed by atoms with Crippen molar-refractivity contribution >= 4 is 17.3 Å². The van der Waals surface area contributed by atoms with Crippen LogP contribution in [0.1, 0.15) is 76.2 Å². The normalized spacial score (nSPS) is 20.0. The molecular weight excluding hydrogens is 340 g/mol. The van der Waals surface area contributed by atoms with Crippen LogP contribution in [0.4, 0.5) is 0 Å². The first-order valence-corrected chi connectivity index (χ1v) is 10.4. The molecule has 4 heteroatoms. The van der Waals surface area contributed by atoms with Crippen LogP contribution >= 0.6 is 0 Å². The smallest absolute Gasteiger partial charge is 0.179 e. The standard InChI is InChI=1S/C23H32O4/c24-19(22-20(25)16-17-21(26)23(22)27)15-11-6-4-2-1-3-5-8-12-18-13-9-7-10-14-18/h7,9-10,13-14,21-22,26H,1-6,8,11-12,15-17H2/t21-,22+/m1/s1. The number of Topliss-reactive ketones (excluding diaryl/α,β-unsaturated/α-hetero) is 3. The van der Waals surface area contributed by atoms with Crippen LogP contribution in [0.15, 0.2) is 30.3 Å². The third-order valence-electron chi connectivity index (χ3n) is 5.40. The van der Waals surface area contributed by atoms with Gasteiger partial charge in [-0.05, 0) is 31.2 Å². The van der Waals surface area contributed by atoms with E-state index in [-0.39, 0.29) is 30.8 Å². The van der Waals surface area contributed by atoms with Gasteiger partial charge in [0.05, 0.1) is 0 Å². The molecule has 0 spiro atoms. The first-order chi connectivity index (χ1) is 13.1. The number of aliphatic hydroxyl groups is 1. The lowest BCUT2D eigenvalue weighted by Crippen LogP contribution is -2.43. The van der Waals surface area contributed by atoms with E-state index in [1.807, 2.05) is 6.07 Å². The lowest BCUT2D eigenvalue weighted by atomic mass is 9.81. The van der Waals surface area contributed by atoms with Gasteiger partial charge in [-0.2, -0.15) is 0 Å². The number of rotatable bonds is 12. The highest BCUT2D eigenvalue weighted by atomic mass is 16.3. The molecule has 148 valence electrons. The highest BCUT2D eigenvalue weighted by Crippen LogP contribution is 2.21.